The lowest BCUT2D eigenvalue weighted by molar-refractivity contribution is -0.157. The fourth-order valence-corrected chi connectivity index (χ4v) is 5.07. The monoisotopic (exact) mass is 428 g/mol. The van der Waals surface area contributed by atoms with Crippen molar-refractivity contribution in [2.24, 2.45) is 0 Å². The van der Waals surface area contributed by atoms with Gasteiger partial charge >= 0.3 is 5.97 Å². The minimum Gasteiger partial charge on any atom is -0.467 e. The molecule has 0 aromatic heterocycles. The van der Waals surface area contributed by atoms with E-state index in [9.17, 15) is 9.59 Å². The molecule has 2 aromatic rings. The summed E-state index contributed by atoms with van der Waals surface area (Å²) in [7, 11) is 1.34. The maximum Gasteiger partial charge on any atom is 0.328 e. The Morgan fingerprint density at radius 1 is 1.20 bits per heavy atom. The van der Waals surface area contributed by atoms with Gasteiger partial charge in [-0.2, -0.15) is 0 Å². The van der Waals surface area contributed by atoms with Gasteiger partial charge in [-0.15, -0.1) is 11.6 Å². The first-order valence-corrected chi connectivity index (χ1v) is 10.4. The molecule has 0 saturated carbocycles. The number of fused-ring (bicyclic) bond motifs is 4. The van der Waals surface area contributed by atoms with Crippen molar-refractivity contribution in [1.82, 2.24) is 4.90 Å². The van der Waals surface area contributed by atoms with Gasteiger partial charge in [-0.05, 0) is 35.7 Å². The number of halogens is 1. The normalized spacial score (nSPS) is 25.9. The number of rotatable bonds is 3. The summed E-state index contributed by atoms with van der Waals surface area (Å²) in [5, 5.41) is 3.58. The van der Waals surface area contributed by atoms with Crippen LogP contribution in [-0.4, -0.2) is 48.6 Å². The van der Waals surface area contributed by atoms with E-state index in [-0.39, 0.29) is 30.5 Å². The smallest absolute Gasteiger partial charge is 0.328 e. The Bertz CT molecular complexity index is 1010. The number of piperidine rings is 1. The van der Waals surface area contributed by atoms with Gasteiger partial charge in [0.2, 0.25) is 12.7 Å². The van der Waals surface area contributed by atoms with Crippen molar-refractivity contribution in [2.75, 3.05) is 25.1 Å². The summed E-state index contributed by atoms with van der Waals surface area (Å²) in [6.07, 6.45) is 0.463. The number of nitrogens with zero attached hydrogens (tertiary/aromatic N) is 1. The minimum absolute atomic E-state index is 0.0418. The Labute approximate surface area is 178 Å². The van der Waals surface area contributed by atoms with Crippen LogP contribution in [0, 0.1) is 0 Å². The number of likely N-dealkylation sites (tertiary alicyclic amines) is 1. The van der Waals surface area contributed by atoms with Crippen LogP contribution in [0.3, 0.4) is 0 Å². The number of esters is 1. The van der Waals surface area contributed by atoms with Gasteiger partial charge < -0.3 is 24.4 Å². The maximum absolute atomic E-state index is 13.0. The second kappa shape index (κ2) is 7.40. The van der Waals surface area contributed by atoms with Crippen molar-refractivity contribution in [3.63, 3.8) is 0 Å². The van der Waals surface area contributed by atoms with Gasteiger partial charge in [0.15, 0.2) is 11.5 Å². The number of ether oxygens (including phenoxy) is 3. The Hall–Kier alpha value is -2.93. The molecule has 1 fully saturated rings. The number of benzene rings is 2. The Morgan fingerprint density at radius 2 is 2.00 bits per heavy atom. The van der Waals surface area contributed by atoms with Crippen LogP contribution >= 0.6 is 11.6 Å². The highest BCUT2D eigenvalue weighted by molar-refractivity contribution is 6.27. The van der Waals surface area contributed by atoms with Crippen molar-refractivity contribution >= 4 is 29.2 Å². The van der Waals surface area contributed by atoms with Crippen molar-refractivity contribution < 1.29 is 23.8 Å². The Balaban J connectivity index is 1.65. The summed E-state index contributed by atoms with van der Waals surface area (Å²) in [5.74, 6) is 0.346. The summed E-state index contributed by atoms with van der Waals surface area (Å²) < 4.78 is 16.1. The summed E-state index contributed by atoms with van der Waals surface area (Å²) in [6, 6.07) is 12.4. The highest BCUT2D eigenvalue weighted by Crippen LogP contribution is 2.51. The first-order chi connectivity index (χ1) is 14.6. The SMILES string of the molecule is COC(=O)[C@@H]1CC2c3ccccc3NC2[C@H](c2ccc3c(c2)OCO3)N1C(=O)CCl. The van der Waals surface area contributed by atoms with Crippen molar-refractivity contribution in [3.05, 3.63) is 53.6 Å². The van der Waals surface area contributed by atoms with E-state index in [1.54, 1.807) is 4.90 Å². The summed E-state index contributed by atoms with van der Waals surface area (Å²) >= 11 is 5.97. The van der Waals surface area contributed by atoms with E-state index in [0.29, 0.717) is 17.9 Å². The van der Waals surface area contributed by atoms with Crippen molar-refractivity contribution in [3.8, 4) is 11.5 Å². The number of hydrogen-bond acceptors (Lipinski definition) is 6. The average Bonchev–Trinajstić information content (AvgIpc) is 3.40. The average molecular weight is 429 g/mol. The third-order valence-corrected chi connectivity index (χ3v) is 6.41. The number of nitrogens with one attached hydrogen (secondary N) is 1. The van der Waals surface area contributed by atoms with Crippen LogP contribution in [0.5, 0.6) is 11.5 Å². The predicted molar refractivity (Wildman–Crippen MR) is 110 cm³/mol. The number of carbonyl (C=O) groups is 2. The molecule has 8 heteroatoms. The molecular formula is C22H21ClN2O5. The number of carbonyl (C=O) groups excluding carboxylic acids is 2. The molecule has 0 aliphatic carbocycles. The lowest BCUT2D eigenvalue weighted by Gasteiger charge is -2.47. The zero-order valence-corrected chi connectivity index (χ0v) is 17.1. The van der Waals surface area contributed by atoms with Crippen LogP contribution in [0.25, 0.3) is 0 Å². The number of anilines is 1. The highest BCUT2D eigenvalue weighted by Gasteiger charge is 2.51. The van der Waals surface area contributed by atoms with E-state index in [2.05, 4.69) is 11.4 Å². The molecule has 1 amide bonds. The van der Waals surface area contributed by atoms with Gasteiger partial charge in [0.25, 0.3) is 0 Å². The molecule has 0 radical (unpaired) electrons. The van der Waals surface area contributed by atoms with Gasteiger partial charge in [-0.3, -0.25) is 4.79 Å². The quantitative estimate of drug-likeness (QED) is 0.598. The maximum atomic E-state index is 13.0. The molecule has 2 unspecified atom stereocenters. The van der Waals surface area contributed by atoms with Crippen LogP contribution in [0.4, 0.5) is 5.69 Å². The minimum atomic E-state index is -0.731. The van der Waals surface area contributed by atoms with Crippen LogP contribution in [0.1, 0.15) is 29.5 Å². The largest absolute Gasteiger partial charge is 0.467 e. The molecule has 1 saturated heterocycles. The van der Waals surface area contributed by atoms with Crippen molar-refractivity contribution in [1.29, 1.82) is 0 Å². The third kappa shape index (κ3) is 2.88. The molecule has 3 aliphatic heterocycles. The van der Waals surface area contributed by atoms with Crippen molar-refractivity contribution in [2.45, 2.75) is 30.5 Å². The van der Waals surface area contributed by atoms with E-state index in [0.717, 1.165) is 16.8 Å². The summed E-state index contributed by atoms with van der Waals surface area (Å²) in [5.41, 5.74) is 3.00. The van der Waals surface area contributed by atoms with Gasteiger partial charge in [-0.1, -0.05) is 24.3 Å². The zero-order valence-electron chi connectivity index (χ0n) is 16.3. The Morgan fingerprint density at radius 3 is 2.80 bits per heavy atom. The molecule has 2 aromatic carbocycles. The molecule has 4 atom stereocenters. The first-order valence-electron chi connectivity index (χ1n) is 9.82. The molecule has 5 rings (SSSR count). The van der Waals surface area contributed by atoms with E-state index < -0.39 is 18.1 Å². The van der Waals surface area contributed by atoms with E-state index in [1.165, 1.54) is 7.11 Å². The number of methoxy groups -OCH3 is 1. The Kier molecular flexibility index (Phi) is 4.70. The standard InChI is InChI=1S/C22H21ClN2O5/c1-28-22(27)16-9-14-13-4-2-3-5-15(13)24-20(14)21(25(16)19(26)10-23)12-6-7-17-18(8-12)30-11-29-17/h2-8,14,16,20-21,24H,9-11H2,1H3/t14?,16-,20?,21-/m0/s1. The third-order valence-electron chi connectivity index (χ3n) is 6.18. The molecule has 3 aliphatic rings. The lowest BCUT2D eigenvalue weighted by atomic mass is 9.77. The molecule has 1 N–H and O–H groups in total. The summed E-state index contributed by atoms with van der Waals surface area (Å²) in [6.45, 7) is 0.161. The molecule has 0 bridgehead atoms. The topological polar surface area (TPSA) is 77.1 Å². The fraction of sp³-hybridized carbons (Fsp3) is 0.364. The fourth-order valence-electron chi connectivity index (χ4n) is 4.93. The van der Waals surface area contributed by atoms with E-state index in [4.69, 9.17) is 25.8 Å². The molecule has 7 nitrogen and oxygen atoms in total. The highest BCUT2D eigenvalue weighted by atomic mass is 35.5. The summed E-state index contributed by atoms with van der Waals surface area (Å²) in [4.78, 5) is 27.3. The van der Waals surface area contributed by atoms with Gasteiger partial charge in [0.1, 0.15) is 11.9 Å². The number of para-hydroxylation sites is 1. The van der Waals surface area contributed by atoms with Crippen LogP contribution in [-0.2, 0) is 14.3 Å². The number of amides is 1. The molecule has 3 heterocycles. The zero-order chi connectivity index (χ0) is 20.8. The van der Waals surface area contributed by atoms with Crippen LogP contribution in [0.2, 0.25) is 0 Å². The lowest BCUT2D eigenvalue weighted by Crippen LogP contribution is -2.57. The number of hydrogen-bond donors (Lipinski definition) is 1. The second-order valence-electron chi connectivity index (χ2n) is 7.63. The van der Waals surface area contributed by atoms with E-state index >= 15 is 0 Å². The van der Waals surface area contributed by atoms with Gasteiger partial charge in [0.05, 0.1) is 19.2 Å². The van der Waals surface area contributed by atoms with Gasteiger partial charge in [0, 0.05) is 11.6 Å². The van der Waals surface area contributed by atoms with E-state index in [1.807, 2.05) is 36.4 Å². The van der Waals surface area contributed by atoms with Crippen LogP contribution < -0.4 is 14.8 Å². The molecule has 30 heavy (non-hydrogen) atoms. The second-order valence-corrected chi connectivity index (χ2v) is 7.90. The van der Waals surface area contributed by atoms with Gasteiger partial charge in [-0.25, -0.2) is 4.79 Å². The molecule has 156 valence electrons. The number of alkyl halides is 1. The molecular weight excluding hydrogens is 408 g/mol. The molecule has 0 spiro atoms. The predicted octanol–water partition coefficient (Wildman–Crippen LogP) is 3.05. The first kappa shape index (κ1) is 19.1. The van der Waals surface area contributed by atoms with Crippen LogP contribution in [0.15, 0.2) is 42.5 Å².